The first-order valence-electron chi connectivity index (χ1n) is 6.81. The number of anilines is 1. The first-order chi connectivity index (χ1) is 9.24. The van der Waals surface area contributed by atoms with Crippen LogP contribution in [0.4, 0.5) is 5.69 Å². The summed E-state index contributed by atoms with van der Waals surface area (Å²) in [4.78, 5) is 4.65. The van der Waals surface area contributed by atoms with Crippen LogP contribution in [0.3, 0.4) is 0 Å². The van der Waals surface area contributed by atoms with Crippen LogP contribution in [-0.4, -0.2) is 49.3 Å². The predicted octanol–water partition coefficient (Wildman–Crippen LogP) is 1.45. The number of rotatable bonds is 3. The highest BCUT2D eigenvalue weighted by molar-refractivity contribution is 5.51. The Morgan fingerprint density at radius 3 is 3.00 bits per heavy atom. The first-order valence-corrected chi connectivity index (χ1v) is 6.81. The van der Waals surface area contributed by atoms with Gasteiger partial charge < -0.3 is 14.9 Å². The molecule has 102 valence electrons. The molecule has 1 fully saturated rings. The molecule has 0 spiro atoms. The Balaban J connectivity index is 2.16. The Bertz CT molecular complexity index is 455. The zero-order valence-corrected chi connectivity index (χ0v) is 11.4. The van der Waals surface area contributed by atoms with Gasteiger partial charge in [0.1, 0.15) is 0 Å². The van der Waals surface area contributed by atoms with Crippen LogP contribution in [0.2, 0.25) is 0 Å². The van der Waals surface area contributed by atoms with Gasteiger partial charge in [0.05, 0.1) is 11.6 Å². The Labute approximate surface area is 114 Å². The molecule has 1 N–H and O–H groups in total. The zero-order chi connectivity index (χ0) is 13.7. The van der Waals surface area contributed by atoms with E-state index >= 15 is 0 Å². The molecule has 0 radical (unpaired) electrons. The minimum Gasteiger partial charge on any atom is -0.396 e. The van der Waals surface area contributed by atoms with Gasteiger partial charge >= 0.3 is 0 Å². The number of nitrogens with zero attached hydrogens (tertiary/aromatic N) is 3. The molecule has 0 amide bonds. The minimum atomic E-state index is 0.223. The van der Waals surface area contributed by atoms with Crippen LogP contribution in [-0.2, 0) is 0 Å². The SMILES string of the molecule is CN1CCCN(c2cccc(C#N)c2)CC1CCO. The molecule has 1 aromatic carbocycles. The van der Waals surface area contributed by atoms with Gasteiger partial charge in [0.15, 0.2) is 0 Å². The van der Waals surface area contributed by atoms with Crippen LogP contribution in [0.25, 0.3) is 0 Å². The van der Waals surface area contributed by atoms with Crippen LogP contribution >= 0.6 is 0 Å². The molecule has 1 aliphatic heterocycles. The topological polar surface area (TPSA) is 50.5 Å². The van der Waals surface area contributed by atoms with E-state index in [1.54, 1.807) is 0 Å². The monoisotopic (exact) mass is 259 g/mol. The molecule has 1 unspecified atom stereocenters. The Morgan fingerprint density at radius 1 is 1.42 bits per heavy atom. The lowest BCUT2D eigenvalue weighted by Crippen LogP contribution is -2.39. The average Bonchev–Trinajstić information content (AvgIpc) is 2.62. The third-order valence-corrected chi connectivity index (χ3v) is 3.80. The van der Waals surface area contributed by atoms with Gasteiger partial charge in [-0.15, -0.1) is 0 Å². The summed E-state index contributed by atoms with van der Waals surface area (Å²) in [5.41, 5.74) is 1.81. The van der Waals surface area contributed by atoms with Crippen LogP contribution in [0.1, 0.15) is 18.4 Å². The quantitative estimate of drug-likeness (QED) is 0.892. The molecule has 0 aliphatic carbocycles. The van der Waals surface area contributed by atoms with Crippen LogP contribution in [0.5, 0.6) is 0 Å². The van der Waals surface area contributed by atoms with Gasteiger partial charge in [-0.1, -0.05) is 6.07 Å². The van der Waals surface area contributed by atoms with Crippen molar-refractivity contribution in [3.05, 3.63) is 29.8 Å². The van der Waals surface area contributed by atoms with Crippen LogP contribution < -0.4 is 4.90 Å². The summed E-state index contributed by atoms with van der Waals surface area (Å²) in [6, 6.07) is 10.3. The number of likely N-dealkylation sites (N-methyl/N-ethyl adjacent to an activating group) is 1. The van der Waals surface area contributed by atoms with E-state index in [2.05, 4.69) is 29.0 Å². The van der Waals surface area contributed by atoms with E-state index in [9.17, 15) is 5.11 Å². The largest absolute Gasteiger partial charge is 0.396 e. The molecule has 1 aromatic rings. The van der Waals surface area contributed by atoms with Crippen molar-refractivity contribution in [2.24, 2.45) is 0 Å². The highest BCUT2D eigenvalue weighted by Gasteiger charge is 2.22. The van der Waals surface area contributed by atoms with Gasteiger partial charge in [0.25, 0.3) is 0 Å². The summed E-state index contributed by atoms with van der Waals surface area (Å²) in [6.45, 7) is 3.19. The van der Waals surface area contributed by atoms with Crippen LogP contribution in [0.15, 0.2) is 24.3 Å². The van der Waals surface area contributed by atoms with Crippen molar-refractivity contribution in [2.45, 2.75) is 18.9 Å². The number of nitriles is 1. The molecule has 1 atom stereocenters. The lowest BCUT2D eigenvalue weighted by atomic mass is 10.1. The maximum absolute atomic E-state index is 9.18. The second-order valence-electron chi connectivity index (χ2n) is 5.11. The molecule has 1 aliphatic rings. The van der Waals surface area contributed by atoms with E-state index in [0.29, 0.717) is 11.6 Å². The Kier molecular flexibility index (Phi) is 4.78. The maximum atomic E-state index is 9.18. The molecule has 4 nitrogen and oxygen atoms in total. The average molecular weight is 259 g/mol. The summed E-state index contributed by atoms with van der Waals surface area (Å²) in [5.74, 6) is 0. The van der Waals surface area contributed by atoms with Crippen molar-refractivity contribution in [1.82, 2.24) is 4.90 Å². The van der Waals surface area contributed by atoms with Crippen molar-refractivity contribution in [3.63, 3.8) is 0 Å². The maximum Gasteiger partial charge on any atom is 0.0992 e. The molecule has 0 aromatic heterocycles. The Morgan fingerprint density at radius 2 is 2.26 bits per heavy atom. The molecule has 19 heavy (non-hydrogen) atoms. The van der Waals surface area contributed by atoms with Crippen molar-refractivity contribution >= 4 is 5.69 Å². The highest BCUT2D eigenvalue weighted by Crippen LogP contribution is 2.20. The summed E-state index contributed by atoms with van der Waals surface area (Å²) in [5, 5.41) is 18.2. The van der Waals surface area contributed by atoms with Gasteiger partial charge in [0, 0.05) is 31.4 Å². The molecule has 1 heterocycles. The third-order valence-electron chi connectivity index (χ3n) is 3.80. The van der Waals surface area contributed by atoms with Crippen molar-refractivity contribution in [1.29, 1.82) is 5.26 Å². The standard InChI is InChI=1S/C15H21N3O/c1-17-7-3-8-18(12-15(17)6-9-19)14-5-2-4-13(10-14)11-16/h2,4-5,10,15,19H,3,6-9,12H2,1H3. The fraction of sp³-hybridized carbons (Fsp3) is 0.533. The number of aliphatic hydroxyl groups excluding tert-OH is 1. The molecule has 0 saturated carbocycles. The van der Waals surface area contributed by atoms with E-state index in [-0.39, 0.29) is 6.61 Å². The highest BCUT2D eigenvalue weighted by atomic mass is 16.3. The number of aliphatic hydroxyl groups is 1. The van der Waals surface area contributed by atoms with Crippen molar-refractivity contribution in [3.8, 4) is 6.07 Å². The van der Waals surface area contributed by atoms with E-state index < -0.39 is 0 Å². The summed E-state index contributed by atoms with van der Waals surface area (Å²) < 4.78 is 0. The van der Waals surface area contributed by atoms with Gasteiger partial charge in [-0.25, -0.2) is 0 Å². The number of benzene rings is 1. The fourth-order valence-electron chi connectivity index (χ4n) is 2.65. The normalized spacial score (nSPS) is 20.9. The minimum absolute atomic E-state index is 0.223. The Hall–Kier alpha value is -1.57. The summed E-state index contributed by atoms with van der Waals surface area (Å²) >= 11 is 0. The lowest BCUT2D eigenvalue weighted by molar-refractivity contribution is 0.196. The van der Waals surface area contributed by atoms with Crippen molar-refractivity contribution in [2.75, 3.05) is 38.2 Å². The molecule has 0 bridgehead atoms. The molecule has 1 saturated heterocycles. The summed E-state index contributed by atoms with van der Waals surface area (Å²) in [6.07, 6.45) is 1.90. The van der Waals surface area contributed by atoms with Gasteiger partial charge in [-0.05, 0) is 44.6 Å². The van der Waals surface area contributed by atoms with E-state index in [4.69, 9.17) is 5.26 Å². The second-order valence-corrected chi connectivity index (χ2v) is 5.11. The first kappa shape index (κ1) is 13.9. The predicted molar refractivity (Wildman–Crippen MR) is 76.1 cm³/mol. The third kappa shape index (κ3) is 3.46. The van der Waals surface area contributed by atoms with E-state index in [1.807, 2.05) is 18.2 Å². The van der Waals surface area contributed by atoms with Gasteiger partial charge in [-0.2, -0.15) is 5.26 Å². The number of hydrogen-bond donors (Lipinski definition) is 1. The van der Waals surface area contributed by atoms with Crippen molar-refractivity contribution < 1.29 is 5.11 Å². The molecular formula is C15H21N3O. The zero-order valence-electron chi connectivity index (χ0n) is 11.4. The van der Waals surface area contributed by atoms with Gasteiger partial charge in [0.2, 0.25) is 0 Å². The molecular weight excluding hydrogens is 238 g/mol. The molecule has 4 heteroatoms. The number of hydrogen-bond acceptors (Lipinski definition) is 4. The molecule has 2 rings (SSSR count). The smallest absolute Gasteiger partial charge is 0.0992 e. The van der Waals surface area contributed by atoms with E-state index in [0.717, 1.165) is 38.2 Å². The second kappa shape index (κ2) is 6.55. The summed E-state index contributed by atoms with van der Waals surface area (Å²) in [7, 11) is 2.12. The van der Waals surface area contributed by atoms with Gasteiger partial charge in [-0.3, -0.25) is 0 Å². The van der Waals surface area contributed by atoms with Crippen LogP contribution in [0, 0.1) is 11.3 Å². The van der Waals surface area contributed by atoms with E-state index in [1.165, 1.54) is 0 Å². The fourth-order valence-corrected chi connectivity index (χ4v) is 2.65. The lowest BCUT2D eigenvalue weighted by Gasteiger charge is -2.29.